The molecule has 0 aromatic carbocycles. The fourth-order valence-electron chi connectivity index (χ4n) is 1.91. The third kappa shape index (κ3) is 3.50. The third-order valence-corrected chi connectivity index (χ3v) is 4.87. The van der Waals surface area contributed by atoms with Crippen LogP contribution in [0.2, 0.25) is 0 Å². The zero-order chi connectivity index (χ0) is 16.3. The summed E-state index contributed by atoms with van der Waals surface area (Å²) in [7, 11) is 3.46. The van der Waals surface area contributed by atoms with Crippen LogP contribution in [0.4, 0.5) is 0 Å². The Morgan fingerprint density at radius 3 is 1.55 bits per heavy atom. The van der Waals surface area contributed by atoms with Crippen LogP contribution in [0, 0.1) is 13.8 Å². The molecule has 2 aromatic heterocycles. The van der Waals surface area contributed by atoms with E-state index in [2.05, 4.69) is 8.75 Å². The van der Waals surface area contributed by atoms with Crippen molar-refractivity contribution in [2.75, 3.05) is 27.2 Å². The Balaban J connectivity index is 1.92. The highest BCUT2D eigenvalue weighted by Gasteiger charge is 2.19. The van der Waals surface area contributed by atoms with E-state index in [9.17, 15) is 9.59 Å². The summed E-state index contributed by atoms with van der Waals surface area (Å²) in [4.78, 5) is 27.8. The monoisotopic (exact) mass is 338 g/mol. The van der Waals surface area contributed by atoms with Crippen molar-refractivity contribution in [2.24, 2.45) is 0 Å². The minimum absolute atomic E-state index is 0.0690. The first kappa shape index (κ1) is 16.6. The molecular weight excluding hydrogens is 320 g/mol. The molecule has 2 heterocycles. The Kier molecular flexibility index (Phi) is 5.25. The molecule has 2 rings (SSSR count). The number of carbonyl (C=O) groups excluding carboxylic acids is 2. The second-order valence-electron chi connectivity index (χ2n) is 5.08. The van der Waals surface area contributed by atoms with Gasteiger partial charge in [-0.3, -0.25) is 9.59 Å². The standard InChI is InChI=1S/C14H18N4O2S2/c1-9-11(7-21-15-9)13(19)17(3)5-6-18(4)14(20)12-8-22-16-10(12)2/h7-8H,5-6H2,1-4H3. The molecule has 0 fully saturated rings. The lowest BCUT2D eigenvalue weighted by Gasteiger charge is -2.22. The summed E-state index contributed by atoms with van der Waals surface area (Å²) >= 11 is 2.55. The fraction of sp³-hybridized carbons (Fsp3) is 0.429. The number of aryl methyl sites for hydroxylation is 2. The van der Waals surface area contributed by atoms with Crippen LogP contribution in [-0.4, -0.2) is 57.5 Å². The molecule has 0 aliphatic heterocycles. The molecular formula is C14H18N4O2S2. The molecule has 0 spiro atoms. The molecule has 0 aliphatic carbocycles. The van der Waals surface area contributed by atoms with Gasteiger partial charge in [-0.2, -0.15) is 8.75 Å². The number of likely N-dealkylation sites (N-methyl/N-ethyl adjacent to an activating group) is 2. The first-order valence-corrected chi connectivity index (χ1v) is 8.42. The molecule has 0 atom stereocenters. The van der Waals surface area contributed by atoms with Gasteiger partial charge in [-0.15, -0.1) is 0 Å². The number of hydrogen-bond acceptors (Lipinski definition) is 6. The van der Waals surface area contributed by atoms with Gasteiger partial charge in [0.15, 0.2) is 0 Å². The molecule has 2 amide bonds. The number of nitrogens with zero attached hydrogens (tertiary/aromatic N) is 4. The highest BCUT2D eigenvalue weighted by atomic mass is 32.1. The van der Waals surface area contributed by atoms with E-state index in [0.29, 0.717) is 24.2 Å². The van der Waals surface area contributed by atoms with E-state index >= 15 is 0 Å². The minimum atomic E-state index is -0.0690. The van der Waals surface area contributed by atoms with Gasteiger partial charge in [0.25, 0.3) is 11.8 Å². The average Bonchev–Trinajstić information content (AvgIpc) is 3.11. The van der Waals surface area contributed by atoms with Crippen molar-refractivity contribution in [3.63, 3.8) is 0 Å². The van der Waals surface area contributed by atoms with Crippen LogP contribution >= 0.6 is 23.1 Å². The topological polar surface area (TPSA) is 66.4 Å². The van der Waals surface area contributed by atoms with Gasteiger partial charge in [0, 0.05) is 37.9 Å². The summed E-state index contributed by atoms with van der Waals surface area (Å²) in [6, 6.07) is 0. The lowest BCUT2D eigenvalue weighted by atomic mass is 10.2. The molecule has 8 heteroatoms. The van der Waals surface area contributed by atoms with Gasteiger partial charge in [0.2, 0.25) is 0 Å². The molecule has 22 heavy (non-hydrogen) atoms. The SMILES string of the molecule is Cc1nscc1C(=O)N(C)CCN(C)C(=O)c1csnc1C. The number of hydrogen-bond donors (Lipinski definition) is 0. The molecule has 0 unspecified atom stereocenters. The van der Waals surface area contributed by atoms with Crippen LogP contribution in [0.15, 0.2) is 10.8 Å². The second-order valence-corrected chi connectivity index (χ2v) is 6.34. The zero-order valence-electron chi connectivity index (χ0n) is 13.0. The van der Waals surface area contributed by atoms with Gasteiger partial charge in [-0.1, -0.05) is 0 Å². The van der Waals surface area contributed by atoms with Crippen LogP contribution in [-0.2, 0) is 0 Å². The van der Waals surface area contributed by atoms with Gasteiger partial charge in [-0.25, -0.2) is 0 Å². The number of amides is 2. The first-order valence-electron chi connectivity index (χ1n) is 6.74. The van der Waals surface area contributed by atoms with Crippen LogP contribution in [0.25, 0.3) is 0 Å². The van der Waals surface area contributed by atoms with Crippen molar-refractivity contribution in [3.05, 3.63) is 33.3 Å². The maximum atomic E-state index is 12.3. The van der Waals surface area contributed by atoms with E-state index in [1.54, 1.807) is 34.7 Å². The zero-order valence-corrected chi connectivity index (χ0v) is 14.6. The number of carbonyl (C=O) groups is 2. The summed E-state index contributed by atoms with van der Waals surface area (Å²) in [5.74, 6) is -0.138. The maximum absolute atomic E-state index is 12.3. The van der Waals surface area contributed by atoms with Crippen molar-refractivity contribution >= 4 is 34.9 Å². The van der Waals surface area contributed by atoms with Crippen LogP contribution in [0.1, 0.15) is 32.1 Å². The fourth-order valence-corrected chi connectivity index (χ4v) is 3.28. The van der Waals surface area contributed by atoms with Crippen molar-refractivity contribution in [1.82, 2.24) is 18.5 Å². The van der Waals surface area contributed by atoms with E-state index < -0.39 is 0 Å². The molecule has 0 saturated heterocycles. The number of aromatic nitrogens is 2. The molecule has 0 bridgehead atoms. The van der Waals surface area contributed by atoms with Crippen molar-refractivity contribution < 1.29 is 9.59 Å². The summed E-state index contributed by atoms with van der Waals surface area (Å²) in [6.45, 7) is 4.57. The summed E-state index contributed by atoms with van der Waals surface area (Å²) in [5.41, 5.74) is 2.73. The van der Waals surface area contributed by atoms with Crippen LogP contribution in [0.3, 0.4) is 0 Å². The van der Waals surface area contributed by atoms with E-state index in [1.807, 2.05) is 13.8 Å². The van der Waals surface area contributed by atoms with Crippen LogP contribution in [0.5, 0.6) is 0 Å². The largest absolute Gasteiger partial charge is 0.340 e. The molecule has 0 radical (unpaired) electrons. The van der Waals surface area contributed by atoms with Gasteiger partial charge < -0.3 is 9.80 Å². The van der Waals surface area contributed by atoms with Gasteiger partial charge in [0.1, 0.15) is 0 Å². The molecule has 118 valence electrons. The van der Waals surface area contributed by atoms with Gasteiger partial charge in [0.05, 0.1) is 22.5 Å². The molecule has 6 nitrogen and oxygen atoms in total. The van der Waals surface area contributed by atoms with E-state index in [-0.39, 0.29) is 11.8 Å². The summed E-state index contributed by atoms with van der Waals surface area (Å²) in [5, 5.41) is 3.51. The second kappa shape index (κ2) is 6.97. The normalized spacial score (nSPS) is 10.5. The van der Waals surface area contributed by atoms with Gasteiger partial charge in [-0.05, 0) is 36.9 Å². The van der Waals surface area contributed by atoms with E-state index in [1.165, 1.54) is 23.1 Å². The molecule has 2 aromatic rings. The van der Waals surface area contributed by atoms with Gasteiger partial charge >= 0.3 is 0 Å². The minimum Gasteiger partial charge on any atom is -0.340 e. The summed E-state index contributed by atoms with van der Waals surface area (Å²) < 4.78 is 8.22. The average molecular weight is 338 g/mol. The predicted octanol–water partition coefficient (Wildman–Crippen LogP) is 2.06. The molecule has 0 N–H and O–H groups in total. The Labute approximate surface area is 137 Å². The Morgan fingerprint density at radius 1 is 0.909 bits per heavy atom. The predicted molar refractivity (Wildman–Crippen MR) is 87.6 cm³/mol. The van der Waals surface area contributed by atoms with Crippen LogP contribution < -0.4 is 0 Å². The maximum Gasteiger partial charge on any atom is 0.256 e. The van der Waals surface area contributed by atoms with Crippen molar-refractivity contribution in [1.29, 1.82) is 0 Å². The molecule has 0 saturated carbocycles. The van der Waals surface area contributed by atoms with E-state index in [0.717, 1.165) is 11.4 Å². The third-order valence-electron chi connectivity index (χ3n) is 3.42. The van der Waals surface area contributed by atoms with Crippen molar-refractivity contribution in [2.45, 2.75) is 13.8 Å². The summed E-state index contributed by atoms with van der Waals surface area (Å²) in [6.07, 6.45) is 0. The lowest BCUT2D eigenvalue weighted by molar-refractivity contribution is 0.0718. The number of rotatable bonds is 5. The Hall–Kier alpha value is -1.80. The lowest BCUT2D eigenvalue weighted by Crippen LogP contribution is -2.37. The van der Waals surface area contributed by atoms with E-state index in [4.69, 9.17) is 0 Å². The molecule has 0 aliphatic rings. The smallest absolute Gasteiger partial charge is 0.256 e. The quantitative estimate of drug-likeness (QED) is 0.837. The van der Waals surface area contributed by atoms with Crippen molar-refractivity contribution in [3.8, 4) is 0 Å². The highest BCUT2D eigenvalue weighted by molar-refractivity contribution is 7.04. The Bertz CT molecular complexity index is 622. The Morgan fingerprint density at radius 2 is 1.27 bits per heavy atom. The highest BCUT2D eigenvalue weighted by Crippen LogP contribution is 2.13. The first-order chi connectivity index (χ1) is 10.4.